The molecule has 2 nitrogen and oxygen atoms in total. The van der Waals surface area contributed by atoms with Crippen LogP contribution in [0, 0.1) is 4.77 Å². The van der Waals surface area contributed by atoms with Gasteiger partial charge in [0.15, 0.2) is 4.77 Å². The molecule has 2 rings (SSSR count). The highest BCUT2D eigenvalue weighted by atomic mass is 35.5. The molecule has 1 unspecified atom stereocenters. The van der Waals surface area contributed by atoms with Crippen molar-refractivity contribution in [2.24, 2.45) is 0 Å². The van der Waals surface area contributed by atoms with Crippen LogP contribution in [0.5, 0.6) is 0 Å². The molecule has 0 radical (unpaired) electrons. The molecule has 1 aromatic heterocycles. The number of nitrogens with zero attached hydrogens (tertiary/aromatic N) is 1. The Bertz CT molecular complexity index is 570. The number of unbranched alkanes of at least 4 members (excludes halogenated alkanes) is 1. The van der Waals surface area contributed by atoms with Crippen LogP contribution in [0.3, 0.4) is 0 Å². The molecule has 4 heteroatoms. The van der Waals surface area contributed by atoms with Gasteiger partial charge in [-0.15, -0.1) is 0 Å². The van der Waals surface area contributed by atoms with Gasteiger partial charge in [-0.2, -0.15) is 0 Å². The molecule has 0 saturated heterocycles. The summed E-state index contributed by atoms with van der Waals surface area (Å²) in [5.41, 5.74) is 2.16. The number of aromatic nitrogens is 2. The molecular formula is C13H17ClN2S. The van der Waals surface area contributed by atoms with Crippen LogP contribution in [0.1, 0.15) is 39.2 Å². The predicted octanol–water partition coefficient (Wildman–Crippen LogP) is 5.10. The number of halogens is 1. The first kappa shape index (κ1) is 12.7. The van der Waals surface area contributed by atoms with Gasteiger partial charge in [-0.1, -0.05) is 31.4 Å². The molecule has 0 saturated carbocycles. The fourth-order valence-corrected chi connectivity index (χ4v) is 2.72. The number of benzene rings is 1. The summed E-state index contributed by atoms with van der Waals surface area (Å²) >= 11 is 11.4. The average Bonchev–Trinajstić information content (AvgIpc) is 2.61. The molecule has 1 N–H and O–H groups in total. The summed E-state index contributed by atoms with van der Waals surface area (Å²) in [7, 11) is 0. The van der Waals surface area contributed by atoms with Crippen LogP contribution in [0.15, 0.2) is 18.2 Å². The molecule has 1 atom stereocenters. The zero-order chi connectivity index (χ0) is 12.4. The van der Waals surface area contributed by atoms with Crippen molar-refractivity contribution in [1.82, 2.24) is 9.55 Å². The molecule has 17 heavy (non-hydrogen) atoms. The molecule has 92 valence electrons. The average molecular weight is 269 g/mol. The highest BCUT2D eigenvalue weighted by Crippen LogP contribution is 2.25. The number of nitrogens with one attached hydrogen (secondary N) is 1. The SMILES string of the molecule is CCCCC(C)n1c(=S)[nH]c2ccc(Cl)cc21. The van der Waals surface area contributed by atoms with E-state index in [1.807, 2.05) is 18.2 Å². The van der Waals surface area contributed by atoms with Gasteiger partial charge in [0.25, 0.3) is 0 Å². The summed E-state index contributed by atoms with van der Waals surface area (Å²) in [6, 6.07) is 6.26. The fraction of sp³-hybridized carbons (Fsp3) is 0.462. The maximum Gasteiger partial charge on any atom is 0.178 e. The molecule has 1 heterocycles. The second kappa shape index (κ2) is 5.23. The fourth-order valence-electron chi connectivity index (χ4n) is 2.16. The maximum atomic E-state index is 6.05. The standard InChI is InChI=1S/C13H17ClN2S/c1-3-4-5-9(2)16-12-8-10(14)6-7-11(12)15-13(16)17/h6-9H,3-5H2,1-2H3,(H,15,17). The van der Waals surface area contributed by atoms with Crippen LogP contribution in [0.2, 0.25) is 5.02 Å². The minimum atomic E-state index is 0.412. The Kier molecular flexibility index (Phi) is 3.89. The van der Waals surface area contributed by atoms with Gasteiger partial charge in [-0.05, 0) is 43.8 Å². The van der Waals surface area contributed by atoms with Crippen LogP contribution in [0.4, 0.5) is 0 Å². The predicted molar refractivity (Wildman–Crippen MR) is 76.4 cm³/mol. The second-order valence-corrected chi connectivity index (χ2v) is 5.28. The van der Waals surface area contributed by atoms with E-state index in [0.29, 0.717) is 6.04 Å². The lowest BCUT2D eigenvalue weighted by Gasteiger charge is -2.14. The molecule has 0 fully saturated rings. The van der Waals surface area contributed by atoms with Gasteiger partial charge in [-0.25, -0.2) is 0 Å². The van der Waals surface area contributed by atoms with Gasteiger partial charge in [0.05, 0.1) is 11.0 Å². The summed E-state index contributed by atoms with van der Waals surface area (Å²) in [6.45, 7) is 4.41. The number of hydrogen-bond donors (Lipinski definition) is 1. The zero-order valence-corrected chi connectivity index (χ0v) is 11.7. The second-order valence-electron chi connectivity index (χ2n) is 4.45. The highest BCUT2D eigenvalue weighted by Gasteiger charge is 2.10. The smallest absolute Gasteiger partial charge is 0.178 e. The Morgan fingerprint density at radius 2 is 2.24 bits per heavy atom. The first-order valence-corrected chi connectivity index (χ1v) is 6.82. The third-order valence-corrected chi connectivity index (χ3v) is 3.63. The van der Waals surface area contributed by atoms with Crippen LogP contribution in [-0.4, -0.2) is 9.55 Å². The van der Waals surface area contributed by atoms with Crippen molar-refractivity contribution in [2.75, 3.05) is 0 Å². The van der Waals surface area contributed by atoms with Crippen molar-refractivity contribution in [3.05, 3.63) is 28.0 Å². The summed E-state index contributed by atoms with van der Waals surface area (Å²) in [5, 5.41) is 0.753. The van der Waals surface area contributed by atoms with Crippen LogP contribution >= 0.6 is 23.8 Å². The van der Waals surface area contributed by atoms with Crippen LogP contribution < -0.4 is 0 Å². The van der Waals surface area contributed by atoms with E-state index in [2.05, 4.69) is 23.4 Å². The monoisotopic (exact) mass is 268 g/mol. The van der Waals surface area contributed by atoms with E-state index in [1.54, 1.807) is 0 Å². The van der Waals surface area contributed by atoms with Crippen molar-refractivity contribution >= 4 is 34.9 Å². The minimum Gasteiger partial charge on any atom is -0.331 e. The normalized spacial score (nSPS) is 13.1. The molecule has 2 aromatic rings. The first-order chi connectivity index (χ1) is 8.13. The van der Waals surface area contributed by atoms with Gasteiger partial charge in [0.2, 0.25) is 0 Å². The quantitative estimate of drug-likeness (QED) is 0.765. The van der Waals surface area contributed by atoms with E-state index in [4.69, 9.17) is 23.8 Å². The lowest BCUT2D eigenvalue weighted by molar-refractivity contribution is 0.491. The van der Waals surface area contributed by atoms with Gasteiger partial charge in [0.1, 0.15) is 0 Å². The largest absolute Gasteiger partial charge is 0.331 e. The Morgan fingerprint density at radius 3 is 2.94 bits per heavy atom. The van der Waals surface area contributed by atoms with Crippen molar-refractivity contribution in [2.45, 2.75) is 39.2 Å². The Balaban J connectivity index is 2.48. The van der Waals surface area contributed by atoms with Crippen molar-refractivity contribution in [1.29, 1.82) is 0 Å². The third-order valence-electron chi connectivity index (χ3n) is 3.10. The van der Waals surface area contributed by atoms with Gasteiger partial charge in [0, 0.05) is 11.1 Å². The number of fused-ring (bicyclic) bond motifs is 1. The minimum absolute atomic E-state index is 0.412. The molecule has 0 aliphatic heterocycles. The van der Waals surface area contributed by atoms with Crippen LogP contribution in [-0.2, 0) is 0 Å². The van der Waals surface area contributed by atoms with Gasteiger partial charge < -0.3 is 9.55 Å². The summed E-state index contributed by atoms with van der Waals surface area (Å²) in [6.07, 6.45) is 3.57. The van der Waals surface area contributed by atoms with Crippen molar-refractivity contribution < 1.29 is 0 Å². The molecule has 0 spiro atoms. The molecule has 0 amide bonds. The van der Waals surface area contributed by atoms with Gasteiger partial charge >= 0.3 is 0 Å². The molecule has 0 aliphatic carbocycles. The molecular weight excluding hydrogens is 252 g/mol. The molecule has 0 aliphatic rings. The van der Waals surface area contributed by atoms with E-state index in [9.17, 15) is 0 Å². The topological polar surface area (TPSA) is 20.7 Å². The highest BCUT2D eigenvalue weighted by molar-refractivity contribution is 7.71. The van der Waals surface area contributed by atoms with Crippen LogP contribution in [0.25, 0.3) is 11.0 Å². The van der Waals surface area contributed by atoms with E-state index in [1.165, 1.54) is 12.8 Å². The number of imidazole rings is 1. The van der Waals surface area contributed by atoms with E-state index in [0.717, 1.165) is 27.2 Å². The summed E-state index contributed by atoms with van der Waals surface area (Å²) < 4.78 is 2.96. The number of aromatic amines is 1. The van der Waals surface area contributed by atoms with E-state index in [-0.39, 0.29) is 0 Å². The maximum absolute atomic E-state index is 6.05. The number of hydrogen-bond acceptors (Lipinski definition) is 1. The molecule has 1 aromatic carbocycles. The summed E-state index contributed by atoms with van der Waals surface area (Å²) in [5.74, 6) is 0. The van der Waals surface area contributed by atoms with E-state index < -0.39 is 0 Å². The Morgan fingerprint density at radius 1 is 1.47 bits per heavy atom. The number of rotatable bonds is 4. The Hall–Kier alpha value is -0.800. The lowest BCUT2D eigenvalue weighted by atomic mass is 10.1. The number of H-pyrrole nitrogens is 1. The first-order valence-electron chi connectivity index (χ1n) is 6.03. The molecule has 0 bridgehead atoms. The van der Waals surface area contributed by atoms with Crippen molar-refractivity contribution in [3.63, 3.8) is 0 Å². The Labute approximate surface area is 112 Å². The zero-order valence-electron chi connectivity index (χ0n) is 10.2. The van der Waals surface area contributed by atoms with E-state index >= 15 is 0 Å². The third kappa shape index (κ3) is 2.55. The lowest BCUT2D eigenvalue weighted by Crippen LogP contribution is -2.04. The summed E-state index contributed by atoms with van der Waals surface area (Å²) in [4.78, 5) is 3.23. The van der Waals surface area contributed by atoms with Crippen molar-refractivity contribution in [3.8, 4) is 0 Å². The van der Waals surface area contributed by atoms with Gasteiger partial charge in [-0.3, -0.25) is 0 Å².